The van der Waals surface area contributed by atoms with Crippen LogP contribution < -0.4 is 4.74 Å². The molecular formula is C16H14ClFN2O. The molecule has 5 heteroatoms. The maximum Gasteiger partial charge on any atom is 0.167 e. The highest BCUT2D eigenvalue weighted by atomic mass is 35.5. The molecule has 0 saturated heterocycles. The molecule has 2 aromatic carbocycles. The van der Waals surface area contributed by atoms with Crippen molar-refractivity contribution in [1.82, 2.24) is 9.55 Å². The van der Waals surface area contributed by atoms with Gasteiger partial charge in [0.1, 0.15) is 5.82 Å². The molecule has 0 radical (unpaired) electrons. The minimum absolute atomic E-state index is 0.206. The van der Waals surface area contributed by atoms with Crippen LogP contribution in [0.5, 0.6) is 5.75 Å². The number of aryl methyl sites for hydroxylation is 1. The fourth-order valence-corrected chi connectivity index (χ4v) is 2.57. The van der Waals surface area contributed by atoms with E-state index in [4.69, 9.17) is 16.3 Å². The summed E-state index contributed by atoms with van der Waals surface area (Å²) in [5.74, 6) is 1.05. The maximum absolute atomic E-state index is 13.8. The number of rotatable bonds is 4. The highest BCUT2D eigenvalue weighted by Crippen LogP contribution is 2.28. The lowest BCUT2D eigenvalue weighted by molar-refractivity contribution is 0.387. The quantitative estimate of drug-likeness (QED) is 0.682. The summed E-state index contributed by atoms with van der Waals surface area (Å²) in [6.45, 7) is 0. The molecule has 0 fully saturated rings. The van der Waals surface area contributed by atoms with Gasteiger partial charge in [0.05, 0.1) is 18.1 Å². The Morgan fingerprint density at radius 3 is 2.67 bits per heavy atom. The highest BCUT2D eigenvalue weighted by Gasteiger charge is 2.15. The Balaban J connectivity index is 2.30. The standard InChI is InChI=1S/C16H14ClFN2O/c1-21-15-10-14-13(9-12(15)18)19-16(7-8-17)20(14)11-5-3-2-4-6-11/h2-6,9-10H,7-8H2,1H3. The number of para-hydroxylation sites is 1. The first-order valence-electron chi connectivity index (χ1n) is 6.61. The summed E-state index contributed by atoms with van der Waals surface area (Å²) in [5, 5.41) is 0. The molecule has 1 aromatic heterocycles. The van der Waals surface area contributed by atoms with E-state index in [1.54, 1.807) is 6.07 Å². The van der Waals surface area contributed by atoms with Gasteiger partial charge in [-0.2, -0.15) is 0 Å². The number of aromatic nitrogens is 2. The van der Waals surface area contributed by atoms with Gasteiger partial charge >= 0.3 is 0 Å². The molecule has 108 valence electrons. The summed E-state index contributed by atoms with van der Waals surface area (Å²) in [5.41, 5.74) is 2.37. The van der Waals surface area contributed by atoms with E-state index in [0.29, 0.717) is 17.8 Å². The van der Waals surface area contributed by atoms with Crippen molar-refractivity contribution < 1.29 is 9.13 Å². The smallest absolute Gasteiger partial charge is 0.167 e. The Labute approximate surface area is 126 Å². The summed E-state index contributed by atoms with van der Waals surface area (Å²) < 4.78 is 20.9. The fraction of sp³-hybridized carbons (Fsp3) is 0.188. The van der Waals surface area contributed by atoms with Crippen molar-refractivity contribution in [1.29, 1.82) is 0 Å². The van der Waals surface area contributed by atoms with E-state index in [-0.39, 0.29) is 5.75 Å². The van der Waals surface area contributed by atoms with Crippen LogP contribution in [-0.4, -0.2) is 22.5 Å². The Hall–Kier alpha value is -2.07. The van der Waals surface area contributed by atoms with Crippen LogP contribution in [0.3, 0.4) is 0 Å². The molecular weight excluding hydrogens is 291 g/mol. The van der Waals surface area contributed by atoms with Crippen LogP contribution in [0.4, 0.5) is 4.39 Å². The molecule has 0 amide bonds. The lowest BCUT2D eigenvalue weighted by atomic mass is 10.2. The molecule has 3 nitrogen and oxygen atoms in total. The van der Waals surface area contributed by atoms with Crippen molar-refractivity contribution >= 4 is 22.6 Å². The molecule has 0 aliphatic rings. The van der Waals surface area contributed by atoms with Gasteiger partial charge in [0.25, 0.3) is 0 Å². The predicted molar refractivity (Wildman–Crippen MR) is 82.0 cm³/mol. The Bertz CT molecular complexity index is 771. The molecule has 0 atom stereocenters. The zero-order valence-corrected chi connectivity index (χ0v) is 12.3. The summed E-state index contributed by atoms with van der Waals surface area (Å²) in [4.78, 5) is 4.50. The van der Waals surface area contributed by atoms with E-state index < -0.39 is 5.82 Å². The molecule has 0 saturated carbocycles. The van der Waals surface area contributed by atoms with Gasteiger partial charge in [0.2, 0.25) is 0 Å². The molecule has 0 unspecified atom stereocenters. The van der Waals surface area contributed by atoms with E-state index >= 15 is 0 Å². The molecule has 0 aliphatic heterocycles. The average molecular weight is 305 g/mol. The molecule has 0 aliphatic carbocycles. The largest absolute Gasteiger partial charge is 0.494 e. The molecule has 21 heavy (non-hydrogen) atoms. The van der Waals surface area contributed by atoms with Gasteiger partial charge in [-0.05, 0) is 12.1 Å². The summed E-state index contributed by atoms with van der Waals surface area (Å²) in [7, 11) is 1.45. The van der Waals surface area contributed by atoms with E-state index in [9.17, 15) is 4.39 Å². The monoisotopic (exact) mass is 304 g/mol. The average Bonchev–Trinajstić information content (AvgIpc) is 2.84. The summed E-state index contributed by atoms with van der Waals surface area (Å²) in [6.07, 6.45) is 0.606. The van der Waals surface area contributed by atoms with Crippen LogP contribution in [0.1, 0.15) is 5.82 Å². The Morgan fingerprint density at radius 2 is 2.00 bits per heavy atom. The summed E-state index contributed by atoms with van der Waals surface area (Å²) >= 11 is 5.86. The molecule has 1 heterocycles. The first-order chi connectivity index (χ1) is 10.2. The molecule has 0 N–H and O–H groups in total. The number of benzene rings is 2. The van der Waals surface area contributed by atoms with Crippen molar-refractivity contribution in [2.75, 3.05) is 13.0 Å². The van der Waals surface area contributed by atoms with Crippen LogP contribution in [0, 0.1) is 5.82 Å². The van der Waals surface area contributed by atoms with Gasteiger partial charge < -0.3 is 4.74 Å². The third-order valence-electron chi connectivity index (χ3n) is 3.33. The minimum Gasteiger partial charge on any atom is -0.494 e. The first kappa shape index (κ1) is 13.9. The minimum atomic E-state index is -0.417. The number of nitrogens with zero attached hydrogens (tertiary/aromatic N) is 2. The van der Waals surface area contributed by atoms with Crippen LogP contribution >= 0.6 is 11.6 Å². The first-order valence-corrected chi connectivity index (χ1v) is 7.14. The number of hydrogen-bond acceptors (Lipinski definition) is 2. The number of hydrogen-bond donors (Lipinski definition) is 0. The third-order valence-corrected chi connectivity index (χ3v) is 3.52. The summed E-state index contributed by atoms with van der Waals surface area (Å²) in [6, 6.07) is 12.9. The fourth-order valence-electron chi connectivity index (χ4n) is 2.40. The van der Waals surface area contributed by atoms with Crippen molar-refractivity contribution in [3.8, 4) is 11.4 Å². The number of ether oxygens (including phenoxy) is 1. The van der Waals surface area contributed by atoms with Gasteiger partial charge in [-0.1, -0.05) is 18.2 Å². The Kier molecular flexibility index (Phi) is 3.80. The highest BCUT2D eigenvalue weighted by molar-refractivity contribution is 6.17. The van der Waals surface area contributed by atoms with Crippen molar-refractivity contribution in [3.63, 3.8) is 0 Å². The van der Waals surface area contributed by atoms with Crippen molar-refractivity contribution in [2.45, 2.75) is 6.42 Å². The van der Waals surface area contributed by atoms with Gasteiger partial charge in [0.15, 0.2) is 11.6 Å². The normalized spacial score (nSPS) is 11.0. The van der Waals surface area contributed by atoms with Gasteiger partial charge in [-0.3, -0.25) is 4.57 Å². The van der Waals surface area contributed by atoms with Crippen molar-refractivity contribution in [2.24, 2.45) is 0 Å². The van der Waals surface area contributed by atoms with Crippen molar-refractivity contribution in [3.05, 3.63) is 54.1 Å². The second-order valence-corrected chi connectivity index (χ2v) is 4.99. The number of alkyl halides is 1. The molecule has 3 aromatic rings. The zero-order chi connectivity index (χ0) is 14.8. The molecule has 0 bridgehead atoms. The Morgan fingerprint density at radius 1 is 1.24 bits per heavy atom. The van der Waals surface area contributed by atoms with E-state index in [0.717, 1.165) is 17.0 Å². The van der Waals surface area contributed by atoms with Gasteiger partial charge in [-0.25, -0.2) is 9.37 Å². The van der Waals surface area contributed by atoms with Crippen LogP contribution in [0.25, 0.3) is 16.7 Å². The lowest BCUT2D eigenvalue weighted by Gasteiger charge is -2.09. The number of fused-ring (bicyclic) bond motifs is 1. The van der Waals surface area contributed by atoms with E-state index in [2.05, 4.69) is 4.98 Å². The molecule has 0 spiro atoms. The number of imidazole rings is 1. The predicted octanol–water partition coefficient (Wildman–Crippen LogP) is 3.95. The topological polar surface area (TPSA) is 27.1 Å². The second kappa shape index (κ2) is 5.74. The third kappa shape index (κ3) is 2.47. The van der Waals surface area contributed by atoms with Crippen LogP contribution in [0.2, 0.25) is 0 Å². The number of methoxy groups -OCH3 is 1. The van der Waals surface area contributed by atoms with Crippen LogP contribution in [-0.2, 0) is 6.42 Å². The number of halogens is 2. The SMILES string of the molecule is COc1cc2c(cc1F)nc(CCCl)n2-c1ccccc1. The van der Waals surface area contributed by atoms with Gasteiger partial charge in [0, 0.05) is 30.1 Å². The van der Waals surface area contributed by atoms with Crippen LogP contribution in [0.15, 0.2) is 42.5 Å². The maximum atomic E-state index is 13.8. The second-order valence-electron chi connectivity index (χ2n) is 4.61. The lowest BCUT2D eigenvalue weighted by Crippen LogP contribution is -2.02. The zero-order valence-electron chi connectivity index (χ0n) is 11.5. The molecule has 3 rings (SSSR count). The van der Waals surface area contributed by atoms with Gasteiger partial charge in [-0.15, -0.1) is 11.6 Å². The van der Waals surface area contributed by atoms with E-state index in [1.165, 1.54) is 13.2 Å². The van der Waals surface area contributed by atoms with E-state index in [1.807, 2.05) is 34.9 Å².